The molecule has 0 saturated heterocycles. The summed E-state index contributed by atoms with van der Waals surface area (Å²) in [6.45, 7) is 2.04. The molecule has 3 nitrogen and oxygen atoms in total. The summed E-state index contributed by atoms with van der Waals surface area (Å²) in [6.07, 6.45) is 4.89. The highest BCUT2D eigenvalue weighted by atomic mass is 16.4. The quantitative estimate of drug-likeness (QED) is 0.748. The van der Waals surface area contributed by atoms with Crippen LogP contribution in [0.2, 0.25) is 0 Å². The van der Waals surface area contributed by atoms with Crippen LogP contribution in [0.5, 0.6) is 0 Å². The summed E-state index contributed by atoms with van der Waals surface area (Å²) in [7, 11) is 0. The van der Waals surface area contributed by atoms with Gasteiger partial charge in [-0.2, -0.15) is 0 Å². The first kappa shape index (κ1) is 10.9. The third kappa shape index (κ3) is 1.67. The second-order valence-electron chi connectivity index (χ2n) is 5.53. The van der Waals surface area contributed by atoms with Crippen molar-refractivity contribution in [1.82, 2.24) is 0 Å². The molecule has 0 heterocycles. The molecule has 2 fully saturated rings. The van der Waals surface area contributed by atoms with E-state index in [1.54, 1.807) is 0 Å². The highest BCUT2D eigenvalue weighted by Gasteiger charge is 2.55. The van der Waals surface area contributed by atoms with Crippen LogP contribution in [0.3, 0.4) is 0 Å². The number of fused-ring (bicyclic) bond motifs is 2. The van der Waals surface area contributed by atoms with Gasteiger partial charge < -0.3 is 10.2 Å². The van der Waals surface area contributed by atoms with Gasteiger partial charge in [-0.3, -0.25) is 4.79 Å². The molecule has 2 rings (SSSR count). The van der Waals surface area contributed by atoms with Crippen molar-refractivity contribution in [2.45, 2.75) is 39.0 Å². The van der Waals surface area contributed by atoms with Gasteiger partial charge in [0.1, 0.15) is 0 Å². The van der Waals surface area contributed by atoms with Crippen molar-refractivity contribution in [2.75, 3.05) is 6.61 Å². The molecule has 0 aromatic rings. The van der Waals surface area contributed by atoms with E-state index in [0.717, 1.165) is 19.3 Å². The second-order valence-corrected chi connectivity index (χ2v) is 5.53. The zero-order valence-corrected chi connectivity index (χ0v) is 9.28. The van der Waals surface area contributed by atoms with Crippen molar-refractivity contribution in [2.24, 2.45) is 23.2 Å². The van der Waals surface area contributed by atoms with Crippen LogP contribution in [0, 0.1) is 23.2 Å². The van der Waals surface area contributed by atoms with Gasteiger partial charge in [0.2, 0.25) is 0 Å². The lowest BCUT2D eigenvalue weighted by atomic mass is 9.68. The molecule has 0 aromatic heterocycles. The topological polar surface area (TPSA) is 57.5 Å². The lowest BCUT2D eigenvalue weighted by Gasteiger charge is -2.35. The van der Waals surface area contributed by atoms with E-state index in [2.05, 4.69) is 0 Å². The standard InChI is InChI=1S/C12H20O3/c1-8(7-13)5-12(11(14)15)6-9-2-3-10(12)4-9/h8-10,13H,2-7H2,1H3,(H,14,15). The van der Waals surface area contributed by atoms with Crippen LogP contribution in [0.1, 0.15) is 39.0 Å². The first-order valence-corrected chi connectivity index (χ1v) is 5.92. The van der Waals surface area contributed by atoms with Gasteiger partial charge in [-0.25, -0.2) is 0 Å². The summed E-state index contributed by atoms with van der Waals surface area (Å²) in [5.74, 6) is 0.487. The average Bonchev–Trinajstić information content (AvgIpc) is 2.77. The number of hydrogen-bond donors (Lipinski definition) is 2. The Morgan fingerprint density at radius 2 is 2.27 bits per heavy atom. The van der Waals surface area contributed by atoms with Crippen molar-refractivity contribution in [1.29, 1.82) is 0 Å². The number of carboxylic acid groups (broad SMARTS) is 1. The van der Waals surface area contributed by atoms with Gasteiger partial charge in [0.25, 0.3) is 0 Å². The van der Waals surface area contributed by atoms with E-state index in [1.807, 2.05) is 6.92 Å². The van der Waals surface area contributed by atoms with Crippen LogP contribution < -0.4 is 0 Å². The van der Waals surface area contributed by atoms with E-state index >= 15 is 0 Å². The molecule has 2 N–H and O–H groups in total. The Balaban J connectivity index is 2.15. The lowest BCUT2D eigenvalue weighted by molar-refractivity contribution is -0.154. The predicted molar refractivity (Wildman–Crippen MR) is 56.4 cm³/mol. The van der Waals surface area contributed by atoms with Crippen molar-refractivity contribution in [3.05, 3.63) is 0 Å². The number of carbonyl (C=O) groups is 1. The van der Waals surface area contributed by atoms with Crippen LogP contribution in [0.15, 0.2) is 0 Å². The normalized spacial score (nSPS) is 40.7. The minimum absolute atomic E-state index is 0.104. The fourth-order valence-corrected chi connectivity index (χ4v) is 3.73. The Morgan fingerprint density at radius 1 is 1.53 bits per heavy atom. The third-order valence-electron chi connectivity index (χ3n) is 4.43. The molecule has 0 aliphatic heterocycles. The predicted octanol–water partition coefficient (Wildman–Crippen LogP) is 1.90. The minimum Gasteiger partial charge on any atom is -0.481 e. The van der Waals surface area contributed by atoms with Gasteiger partial charge >= 0.3 is 5.97 Å². The van der Waals surface area contributed by atoms with Crippen LogP contribution in [-0.2, 0) is 4.79 Å². The fourth-order valence-electron chi connectivity index (χ4n) is 3.73. The van der Waals surface area contributed by atoms with Gasteiger partial charge in [0, 0.05) is 6.61 Å². The highest BCUT2D eigenvalue weighted by Crippen LogP contribution is 2.58. The molecular formula is C12H20O3. The summed E-state index contributed by atoms with van der Waals surface area (Å²) in [4.78, 5) is 11.5. The minimum atomic E-state index is -0.630. The molecule has 4 atom stereocenters. The van der Waals surface area contributed by atoms with Gasteiger partial charge in [-0.15, -0.1) is 0 Å². The van der Waals surface area contributed by atoms with E-state index < -0.39 is 11.4 Å². The van der Waals surface area contributed by atoms with Gasteiger partial charge in [0.15, 0.2) is 0 Å². The smallest absolute Gasteiger partial charge is 0.309 e. The molecule has 86 valence electrons. The maximum Gasteiger partial charge on any atom is 0.309 e. The number of aliphatic hydroxyl groups excluding tert-OH is 1. The van der Waals surface area contributed by atoms with E-state index in [9.17, 15) is 9.90 Å². The Bertz CT molecular complexity index is 264. The number of rotatable bonds is 4. The molecule has 2 aliphatic rings. The Morgan fingerprint density at radius 3 is 2.67 bits per heavy atom. The molecule has 0 radical (unpaired) electrons. The molecule has 0 aromatic carbocycles. The Hall–Kier alpha value is -0.570. The fraction of sp³-hybridized carbons (Fsp3) is 0.917. The monoisotopic (exact) mass is 212 g/mol. The van der Waals surface area contributed by atoms with Crippen molar-refractivity contribution in [3.63, 3.8) is 0 Å². The van der Waals surface area contributed by atoms with Crippen molar-refractivity contribution < 1.29 is 15.0 Å². The molecule has 3 heteroatoms. The Kier molecular flexibility index (Phi) is 2.75. The zero-order chi connectivity index (χ0) is 11.1. The zero-order valence-electron chi connectivity index (χ0n) is 9.28. The Labute approximate surface area is 90.5 Å². The number of aliphatic hydroxyl groups is 1. The van der Waals surface area contributed by atoms with Crippen molar-refractivity contribution >= 4 is 5.97 Å². The number of aliphatic carboxylic acids is 1. The first-order valence-electron chi connectivity index (χ1n) is 5.92. The van der Waals surface area contributed by atoms with Crippen LogP contribution in [0.25, 0.3) is 0 Å². The summed E-state index contributed by atoms with van der Waals surface area (Å²) < 4.78 is 0. The third-order valence-corrected chi connectivity index (χ3v) is 4.43. The van der Waals surface area contributed by atoms with E-state index in [-0.39, 0.29) is 12.5 Å². The SMILES string of the molecule is CC(CO)CC1(C(=O)O)CC2CCC1C2. The van der Waals surface area contributed by atoms with Crippen molar-refractivity contribution in [3.8, 4) is 0 Å². The lowest BCUT2D eigenvalue weighted by Crippen LogP contribution is -2.38. The van der Waals surface area contributed by atoms with Gasteiger partial charge in [0.05, 0.1) is 5.41 Å². The maximum atomic E-state index is 11.5. The molecule has 2 saturated carbocycles. The number of carboxylic acids is 1. The van der Waals surface area contributed by atoms with Crippen LogP contribution in [-0.4, -0.2) is 22.8 Å². The number of hydrogen-bond acceptors (Lipinski definition) is 2. The molecular weight excluding hydrogens is 192 g/mol. The van der Waals surface area contributed by atoms with E-state index in [4.69, 9.17) is 5.11 Å². The first-order chi connectivity index (χ1) is 7.08. The van der Waals surface area contributed by atoms with E-state index in [0.29, 0.717) is 18.3 Å². The van der Waals surface area contributed by atoms with Gasteiger partial charge in [-0.05, 0) is 43.4 Å². The average molecular weight is 212 g/mol. The molecule has 2 bridgehead atoms. The molecule has 0 amide bonds. The summed E-state index contributed by atoms with van der Waals surface area (Å²) >= 11 is 0. The maximum absolute atomic E-state index is 11.5. The summed E-state index contributed by atoms with van der Waals surface area (Å²) in [5.41, 5.74) is -0.509. The molecule has 15 heavy (non-hydrogen) atoms. The van der Waals surface area contributed by atoms with Crippen LogP contribution in [0.4, 0.5) is 0 Å². The largest absolute Gasteiger partial charge is 0.481 e. The molecule has 0 spiro atoms. The molecule has 4 unspecified atom stereocenters. The summed E-state index contributed by atoms with van der Waals surface area (Å²) in [5, 5.41) is 18.5. The summed E-state index contributed by atoms with van der Waals surface area (Å²) in [6, 6.07) is 0. The van der Waals surface area contributed by atoms with E-state index in [1.165, 1.54) is 6.42 Å². The second kappa shape index (κ2) is 3.78. The highest BCUT2D eigenvalue weighted by molar-refractivity contribution is 5.75. The van der Waals surface area contributed by atoms with Crippen LogP contribution >= 0.6 is 0 Å². The van der Waals surface area contributed by atoms with Gasteiger partial charge in [-0.1, -0.05) is 13.3 Å². The molecule has 2 aliphatic carbocycles.